The lowest BCUT2D eigenvalue weighted by molar-refractivity contribution is -0.135. The first kappa shape index (κ1) is 24.7. The third kappa shape index (κ3) is 5.32. The summed E-state index contributed by atoms with van der Waals surface area (Å²) in [6.07, 6.45) is 8.55. The molecule has 5 rings (SSSR count). The summed E-state index contributed by atoms with van der Waals surface area (Å²) in [7, 11) is 0. The normalized spacial score (nSPS) is 15.5. The summed E-state index contributed by atoms with van der Waals surface area (Å²) in [4.78, 5) is 29.3. The number of amides is 2. The molecule has 2 amide bonds. The Balaban J connectivity index is 0.000000266. The standard InChI is InChI=1S/C18H21N5O2S.C7H11NO/c1-5-23-9-11(3)16(22-23)21-18-19-8-14(26-18)17(25)20-15-10(2)6-7-13(24)12(15)4;9-6-8-4-7(5-8)2-1-3-7/h6-9,24H,5H2,1-4H3,(H,20,25)(H,19,21,22);6H,1-5H2. The number of aromatic nitrogens is 3. The summed E-state index contributed by atoms with van der Waals surface area (Å²) in [5.41, 5.74) is 3.77. The van der Waals surface area contributed by atoms with Crippen LogP contribution in [-0.2, 0) is 11.3 Å². The minimum atomic E-state index is -0.261. The summed E-state index contributed by atoms with van der Waals surface area (Å²) in [5.74, 6) is 0.621. The molecule has 1 saturated heterocycles. The number of rotatable bonds is 6. The fraction of sp³-hybridized carbons (Fsp3) is 0.440. The van der Waals surface area contributed by atoms with E-state index < -0.39 is 0 Å². The van der Waals surface area contributed by atoms with Crippen LogP contribution in [0.2, 0.25) is 0 Å². The van der Waals surface area contributed by atoms with Crippen molar-refractivity contribution in [2.75, 3.05) is 23.7 Å². The fourth-order valence-corrected chi connectivity index (χ4v) is 5.14. The molecule has 3 heterocycles. The Morgan fingerprint density at radius 3 is 2.57 bits per heavy atom. The van der Waals surface area contributed by atoms with Crippen molar-refractivity contribution in [2.24, 2.45) is 5.41 Å². The third-order valence-corrected chi connectivity index (χ3v) is 7.66. The lowest BCUT2D eigenvalue weighted by Gasteiger charge is -2.54. The number of thiazole rings is 1. The van der Waals surface area contributed by atoms with Crippen LogP contribution in [0.15, 0.2) is 24.5 Å². The highest BCUT2D eigenvalue weighted by Gasteiger charge is 2.46. The smallest absolute Gasteiger partial charge is 0.267 e. The van der Waals surface area contributed by atoms with Crippen LogP contribution in [0.4, 0.5) is 16.6 Å². The van der Waals surface area contributed by atoms with Crippen LogP contribution in [0, 0.1) is 26.2 Å². The summed E-state index contributed by atoms with van der Waals surface area (Å²) >= 11 is 1.25. The van der Waals surface area contributed by atoms with Gasteiger partial charge in [0, 0.05) is 42.4 Å². The van der Waals surface area contributed by atoms with Crippen LogP contribution in [0.5, 0.6) is 5.75 Å². The van der Waals surface area contributed by atoms with E-state index in [0.29, 0.717) is 26.7 Å². The molecule has 1 aromatic carbocycles. The van der Waals surface area contributed by atoms with Gasteiger partial charge in [-0.3, -0.25) is 14.3 Å². The molecular weight excluding hydrogens is 464 g/mol. The first-order valence-electron chi connectivity index (χ1n) is 11.8. The zero-order valence-corrected chi connectivity index (χ0v) is 21.4. The number of hydrogen-bond donors (Lipinski definition) is 3. The highest BCUT2D eigenvalue weighted by Crippen LogP contribution is 2.47. The SMILES string of the molecule is CCn1cc(C)c(Nc2ncc(C(=O)Nc3c(C)ccc(O)c3C)s2)n1.O=CN1CC2(CCC2)C1. The average molecular weight is 497 g/mol. The Hall–Kier alpha value is -3.40. The molecule has 2 fully saturated rings. The van der Waals surface area contributed by atoms with Crippen molar-refractivity contribution in [1.29, 1.82) is 0 Å². The maximum atomic E-state index is 12.5. The monoisotopic (exact) mass is 496 g/mol. The van der Waals surface area contributed by atoms with Crippen LogP contribution in [0.3, 0.4) is 0 Å². The zero-order chi connectivity index (χ0) is 25.2. The van der Waals surface area contributed by atoms with Crippen LogP contribution in [0.1, 0.15) is 52.5 Å². The van der Waals surface area contributed by atoms with Crippen molar-refractivity contribution < 1.29 is 14.7 Å². The molecule has 0 bridgehead atoms. The van der Waals surface area contributed by atoms with Crippen molar-refractivity contribution >= 4 is 40.3 Å². The number of phenolic OH excluding ortho intramolecular Hbond substituents is 1. The Morgan fingerprint density at radius 2 is 1.97 bits per heavy atom. The topological polar surface area (TPSA) is 112 Å². The second-order valence-corrected chi connectivity index (χ2v) is 10.4. The van der Waals surface area contributed by atoms with Gasteiger partial charge in [-0.15, -0.1) is 0 Å². The molecule has 3 N–H and O–H groups in total. The molecule has 186 valence electrons. The predicted octanol–water partition coefficient (Wildman–Crippen LogP) is 4.61. The second-order valence-electron chi connectivity index (χ2n) is 9.39. The van der Waals surface area contributed by atoms with Crippen molar-refractivity contribution in [3.05, 3.63) is 46.1 Å². The van der Waals surface area contributed by atoms with E-state index in [-0.39, 0.29) is 11.7 Å². The fourth-order valence-electron chi connectivity index (χ4n) is 4.43. The number of carbonyl (C=O) groups excluding carboxylic acids is 2. The molecule has 9 nitrogen and oxygen atoms in total. The van der Waals surface area contributed by atoms with Crippen LogP contribution in [-0.4, -0.2) is 50.2 Å². The summed E-state index contributed by atoms with van der Waals surface area (Å²) in [6, 6.07) is 3.39. The number of phenols is 1. The van der Waals surface area contributed by atoms with Gasteiger partial charge in [-0.25, -0.2) is 4.98 Å². The van der Waals surface area contributed by atoms with Gasteiger partial charge in [0.15, 0.2) is 10.9 Å². The largest absolute Gasteiger partial charge is 0.508 e. The number of benzene rings is 1. The number of hydrogen-bond acceptors (Lipinski definition) is 7. The number of anilines is 3. The number of nitrogens with one attached hydrogen (secondary N) is 2. The van der Waals surface area contributed by atoms with Crippen molar-refractivity contribution in [2.45, 2.75) is 53.5 Å². The molecule has 35 heavy (non-hydrogen) atoms. The number of likely N-dealkylation sites (tertiary alicyclic amines) is 1. The lowest BCUT2D eigenvalue weighted by Crippen LogP contribution is -2.58. The molecule has 0 atom stereocenters. The molecule has 0 radical (unpaired) electrons. The molecule has 0 unspecified atom stereocenters. The number of aryl methyl sites for hydroxylation is 3. The van der Waals surface area contributed by atoms with Crippen LogP contribution < -0.4 is 10.6 Å². The highest BCUT2D eigenvalue weighted by molar-refractivity contribution is 7.17. The molecule has 1 aliphatic carbocycles. The van der Waals surface area contributed by atoms with Crippen molar-refractivity contribution in [3.8, 4) is 5.75 Å². The predicted molar refractivity (Wildman–Crippen MR) is 137 cm³/mol. The van der Waals surface area contributed by atoms with E-state index in [1.165, 1.54) is 36.8 Å². The quantitative estimate of drug-likeness (QED) is 0.430. The zero-order valence-electron chi connectivity index (χ0n) is 20.6. The van der Waals surface area contributed by atoms with Crippen molar-refractivity contribution in [1.82, 2.24) is 19.7 Å². The van der Waals surface area contributed by atoms with E-state index in [9.17, 15) is 14.7 Å². The molecule has 1 spiro atoms. The van der Waals surface area contributed by atoms with Gasteiger partial charge in [0.05, 0.1) is 11.9 Å². The van der Waals surface area contributed by atoms with Crippen molar-refractivity contribution in [3.63, 3.8) is 0 Å². The number of aromatic hydroxyl groups is 1. The lowest BCUT2D eigenvalue weighted by atomic mass is 9.64. The van der Waals surface area contributed by atoms with Crippen LogP contribution >= 0.6 is 11.3 Å². The second kappa shape index (κ2) is 10.1. The number of carbonyl (C=O) groups is 2. The van der Waals surface area contributed by atoms with Gasteiger partial charge in [0.1, 0.15) is 10.6 Å². The van der Waals surface area contributed by atoms with E-state index in [2.05, 4.69) is 20.7 Å². The molecule has 2 aliphatic rings. The maximum absolute atomic E-state index is 12.5. The van der Waals surface area contributed by atoms with E-state index >= 15 is 0 Å². The molecule has 10 heteroatoms. The first-order valence-corrected chi connectivity index (χ1v) is 12.6. The number of nitrogens with zero attached hydrogens (tertiary/aromatic N) is 4. The first-order chi connectivity index (χ1) is 16.7. The Labute approximate surface area is 209 Å². The average Bonchev–Trinajstić information content (AvgIpc) is 3.39. The Bertz CT molecular complexity index is 1220. The molecule has 1 aliphatic heterocycles. The van der Waals surface area contributed by atoms with E-state index in [1.54, 1.807) is 19.1 Å². The summed E-state index contributed by atoms with van der Waals surface area (Å²) in [6.45, 7) is 10.5. The molecular formula is C25H32N6O3S. The van der Waals surface area contributed by atoms with Gasteiger partial charge in [-0.05, 0) is 52.2 Å². The Morgan fingerprint density at radius 1 is 1.23 bits per heavy atom. The van der Waals surface area contributed by atoms with Crippen LogP contribution in [0.25, 0.3) is 0 Å². The Kier molecular flexibility index (Phi) is 7.11. The third-order valence-electron chi connectivity index (χ3n) is 6.75. The minimum absolute atomic E-state index is 0.152. The minimum Gasteiger partial charge on any atom is -0.508 e. The van der Waals surface area contributed by atoms with E-state index in [1.807, 2.05) is 36.5 Å². The van der Waals surface area contributed by atoms with Gasteiger partial charge in [0.2, 0.25) is 6.41 Å². The maximum Gasteiger partial charge on any atom is 0.267 e. The van der Waals surface area contributed by atoms with Gasteiger partial charge in [-0.1, -0.05) is 23.8 Å². The molecule has 3 aromatic rings. The summed E-state index contributed by atoms with van der Waals surface area (Å²) in [5, 5.41) is 20.9. The summed E-state index contributed by atoms with van der Waals surface area (Å²) < 4.78 is 1.84. The molecule has 1 saturated carbocycles. The van der Waals surface area contributed by atoms with Gasteiger partial charge < -0.3 is 20.6 Å². The molecule has 2 aromatic heterocycles. The van der Waals surface area contributed by atoms with Gasteiger partial charge in [-0.2, -0.15) is 5.10 Å². The van der Waals surface area contributed by atoms with Gasteiger partial charge >= 0.3 is 0 Å². The van der Waals surface area contributed by atoms with Gasteiger partial charge in [0.25, 0.3) is 5.91 Å². The van der Waals surface area contributed by atoms with E-state index in [0.717, 1.165) is 43.0 Å². The van der Waals surface area contributed by atoms with E-state index in [4.69, 9.17) is 0 Å². The highest BCUT2D eigenvalue weighted by atomic mass is 32.1.